The molecule has 25 heavy (non-hydrogen) atoms. The quantitative estimate of drug-likeness (QED) is 0.899. The largest absolute Gasteiger partial charge is 0.368 e. The van der Waals surface area contributed by atoms with Crippen LogP contribution in [0.5, 0.6) is 0 Å². The third-order valence-electron chi connectivity index (χ3n) is 5.12. The Bertz CT molecular complexity index is 657. The summed E-state index contributed by atoms with van der Waals surface area (Å²) in [5, 5.41) is 0. The van der Waals surface area contributed by atoms with Crippen molar-refractivity contribution >= 4 is 17.8 Å². The van der Waals surface area contributed by atoms with Crippen molar-refractivity contribution in [1.29, 1.82) is 0 Å². The first-order valence-electron chi connectivity index (χ1n) is 9.18. The lowest BCUT2D eigenvalue weighted by atomic mass is 9.84. The lowest BCUT2D eigenvalue weighted by Gasteiger charge is -2.31. The molecule has 2 amide bonds. The molecule has 2 aliphatic rings. The molecule has 3 rings (SSSR count). The molecule has 0 bridgehead atoms. The first kappa shape index (κ1) is 17.6. The first-order chi connectivity index (χ1) is 12.0. The minimum atomic E-state index is -0.131. The summed E-state index contributed by atoms with van der Waals surface area (Å²) in [6.45, 7) is 6.51. The number of amides is 2. The van der Waals surface area contributed by atoms with Crippen molar-refractivity contribution in [2.75, 3.05) is 31.9 Å². The number of aromatic nitrogens is 2. The molecule has 1 aliphatic carbocycles. The van der Waals surface area contributed by atoms with E-state index in [2.05, 4.69) is 9.97 Å². The Morgan fingerprint density at radius 3 is 2.40 bits per heavy atom. The molecule has 1 saturated carbocycles. The summed E-state index contributed by atoms with van der Waals surface area (Å²) in [5.74, 6) is 0.642. The molecule has 136 valence electrons. The van der Waals surface area contributed by atoms with E-state index in [-0.39, 0.29) is 29.6 Å². The van der Waals surface area contributed by atoms with E-state index in [0.29, 0.717) is 25.3 Å². The number of nitrogens with two attached hydrogens (primary N) is 1. The molecular weight excluding hydrogens is 318 g/mol. The molecular formula is C18H27N5O2. The maximum atomic E-state index is 12.8. The average Bonchev–Trinajstić information content (AvgIpc) is 2.77. The van der Waals surface area contributed by atoms with Gasteiger partial charge in [0.2, 0.25) is 11.9 Å². The number of nitrogens with zero attached hydrogens (tertiary/aromatic N) is 4. The maximum Gasteiger partial charge on any atom is 0.272 e. The molecule has 2 heterocycles. The summed E-state index contributed by atoms with van der Waals surface area (Å²) >= 11 is 0. The number of anilines is 1. The summed E-state index contributed by atoms with van der Waals surface area (Å²) < 4.78 is 0. The molecule has 1 aromatic heterocycles. The van der Waals surface area contributed by atoms with Crippen LogP contribution in [-0.4, -0.2) is 57.8 Å². The second-order valence-electron chi connectivity index (χ2n) is 7.29. The molecule has 1 aliphatic heterocycles. The predicted molar refractivity (Wildman–Crippen MR) is 95.0 cm³/mol. The Morgan fingerprint density at radius 1 is 1.08 bits per heavy atom. The van der Waals surface area contributed by atoms with Gasteiger partial charge in [0.05, 0.1) is 0 Å². The van der Waals surface area contributed by atoms with E-state index < -0.39 is 0 Å². The molecule has 1 saturated heterocycles. The van der Waals surface area contributed by atoms with Crippen LogP contribution >= 0.6 is 0 Å². The van der Waals surface area contributed by atoms with Crippen molar-refractivity contribution in [3.8, 4) is 0 Å². The van der Waals surface area contributed by atoms with E-state index in [1.165, 1.54) is 0 Å². The Balaban J connectivity index is 1.67. The topological polar surface area (TPSA) is 92.4 Å². The van der Waals surface area contributed by atoms with Gasteiger partial charge in [0.25, 0.3) is 5.91 Å². The molecule has 7 heteroatoms. The molecule has 1 aromatic rings. The van der Waals surface area contributed by atoms with Crippen molar-refractivity contribution in [3.05, 3.63) is 17.5 Å². The molecule has 0 atom stereocenters. The van der Waals surface area contributed by atoms with E-state index in [1.807, 2.05) is 18.7 Å². The van der Waals surface area contributed by atoms with Crippen molar-refractivity contribution in [1.82, 2.24) is 19.8 Å². The van der Waals surface area contributed by atoms with Crippen molar-refractivity contribution in [3.63, 3.8) is 0 Å². The van der Waals surface area contributed by atoms with E-state index in [4.69, 9.17) is 5.73 Å². The second-order valence-corrected chi connectivity index (χ2v) is 7.29. The van der Waals surface area contributed by atoms with Gasteiger partial charge in [-0.05, 0) is 31.2 Å². The van der Waals surface area contributed by atoms with E-state index >= 15 is 0 Å². The van der Waals surface area contributed by atoms with Crippen LogP contribution in [-0.2, 0) is 4.79 Å². The molecule has 0 aromatic carbocycles. The van der Waals surface area contributed by atoms with Crippen LogP contribution in [0.25, 0.3) is 0 Å². The van der Waals surface area contributed by atoms with Crippen LogP contribution < -0.4 is 5.73 Å². The van der Waals surface area contributed by atoms with Gasteiger partial charge >= 0.3 is 0 Å². The molecule has 0 spiro atoms. The fourth-order valence-electron chi connectivity index (χ4n) is 3.31. The van der Waals surface area contributed by atoms with Crippen molar-refractivity contribution in [2.45, 2.75) is 45.4 Å². The number of hydrogen-bond acceptors (Lipinski definition) is 5. The van der Waals surface area contributed by atoms with E-state index in [1.54, 1.807) is 11.0 Å². The Kier molecular flexibility index (Phi) is 5.20. The second kappa shape index (κ2) is 7.37. The summed E-state index contributed by atoms with van der Waals surface area (Å²) in [5.41, 5.74) is 6.88. The summed E-state index contributed by atoms with van der Waals surface area (Å²) in [6, 6.07) is 1.73. The summed E-state index contributed by atoms with van der Waals surface area (Å²) in [7, 11) is 0. The number of rotatable bonds is 3. The number of nitrogen functional groups attached to an aromatic ring is 1. The molecule has 0 unspecified atom stereocenters. The van der Waals surface area contributed by atoms with E-state index in [0.717, 1.165) is 37.9 Å². The minimum absolute atomic E-state index is 0.131. The van der Waals surface area contributed by atoms with Gasteiger partial charge in [-0.25, -0.2) is 9.97 Å². The van der Waals surface area contributed by atoms with Gasteiger partial charge in [-0.3, -0.25) is 9.59 Å². The van der Waals surface area contributed by atoms with Crippen LogP contribution in [0.1, 0.15) is 61.6 Å². The van der Waals surface area contributed by atoms with Gasteiger partial charge in [0.1, 0.15) is 5.69 Å². The van der Waals surface area contributed by atoms with Crippen LogP contribution in [0.15, 0.2) is 6.07 Å². The Hall–Kier alpha value is -2.18. The van der Waals surface area contributed by atoms with Gasteiger partial charge in [-0.15, -0.1) is 0 Å². The standard InChI is InChI=1S/C18H27N5O2/c1-12(2)14-11-15(21-18(19)20-14)17(25)23-8-4-7-22(9-10-23)16(24)13-5-3-6-13/h11-13H,3-10H2,1-2H3,(H2,19,20,21). The highest BCUT2D eigenvalue weighted by atomic mass is 16.2. The molecule has 2 N–H and O–H groups in total. The zero-order chi connectivity index (χ0) is 18.0. The Labute approximate surface area is 148 Å². The number of carbonyl (C=O) groups excluding carboxylic acids is 2. The van der Waals surface area contributed by atoms with E-state index in [9.17, 15) is 9.59 Å². The SMILES string of the molecule is CC(C)c1cc(C(=O)N2CCCN(C(=O)C3CCC3)CC2)nc(N)n1. The highest BCUT2D eigenvalue weighted by molar-refractivity contribution is 5.92. The van der Waals surface area contributed by atoms with Crippen LogP contribution in [0.2, 0.25) is 0 Å². The van der Waals surface area contributed by atoms with Gasteiger partial charge in [-0.1, -0.05) is 20.3 Å². The fraction of sp³-hybridized carbons (Fsp3) is 0.667. The van der Waals surface area contributed by atoms with Crippen LogP contribution in [0.3, 0.4) is 0 Å². The number of hydrogen-bond donors (Lipinski definition) is 1. The number of carbonyl (C=O) groups is 2. The average molecular weight is 345 g/mol. The van der Waals surface area contributed by atoms with Gasteiger partial charge in [0, 0.05) is 37.8 Å². The maximum absolute atomic E-state index is 12.8. The third kappa shape index (κ3) is 3.91. The third-order valence-corrected chi connectivity index (χ3v) is 5.12. The normalized spacial score (nSPS) is 18.8. The highest BCUT2D eigenvalue weighted by Crippen LogP contribution is 2.28. The highest BCUT2D eigenvalue weighted by Gasteiger charge is 2.31. The molecule has 0 radical (unpaired) electrons. The van der Waals surface area contributed by atoms with Gasteiger partial charge < -0.3 is 15.5 Å². The van der Waals surface area contributed by atoms with Gasteiger partial charge in [-0.2, -0.15) is 0 Å². The lowest BCUT2D eigenvalue weighted by Crippen LogP contribution is -2.41. The zero-order valence-corrected chi connectivity index (χ0v) is 15.1. The molecule has 7 nitrogen and oxygen atoms in total. The van der Waals surface area contributed by atoms with Crippen LogP contribution in [0.4, 0.5) is 5.95 Å². The predicted octanol–water partition coefficient (Wildman–Crippen LogP) is 1.66. The van der Waals surface area contributed by atoms with Gasteiger partial charge in [0.15, 0.2) is 0 Å². The molecule has 2 fully saturated rings. The smallest absolute Gasteiger partial charge is 0.272 e. The van der Waals surface area contributed by atoms with Crippen molar-refractivity contribution in [2.24, 2.45) is 5.92 Å². The first-order valence-corrected chi connectivity index (χ1v) is 9.18. The van der Waals surface area contributed by atoms with Crippen LogP contribution in [0, 0.1) is 5.92 Å². The monoisotopic (exact) mass is 345 g/mol. The summed E-state index contributed by atoms with van der Waals surface area (Å²) in [6.07, 6.45) is 3.97. The fourth-order valence-corrected chi connectivity index (χ4v) is 3.31. The minimum Gasteiger partial charge on any atom is -0.368 e. The van der Waals surface area contributed by atoms with Crippen molar-refractivity contribution < 1.29 is 9.59 Å². The summed E-state index contributed by atoms with van der Waals surface area (Å²) in [4.78, 5) is 37.3. The lowest BCUT2D eigenvalue weighted by molar-refractivity contribution is -0.138. The zero-order valence-electron chi connectivity index (χ0n) is 15.1. The Morgan fingerprint density at radius 2 is 1.76 bits per heavy atom.